The van der Waals surface area contributed by atoms with Gasteiger partial charge in [-0.15, -0.1) is 0 Å². The molecule has 1 N–H and O–H groups in total. The topological polar surface area (TPSA) is 20.7 Å². The van der Waals surface area contributed by atoms with Gasteiger partial charge in [-0.1, -0.05) is 35.4 Å². The fourth-order valence-electron chi connectivity index (χ4n) is 2.07. The molecule has 0 atom stereocenters. The van der Waals surface area contributed by atoms with Crippen molar-refractivity contribution in [1.29, 1.82) is 0 Å². The number of nitrogens with one attached hydrogen (secondary N) is 1. The van der Waals surface area contributed by atoms with Crippen LogP contribution in [-0.4, -0.2) is 9.55 Å². The summed E-state index contributed by atoms with van der Waals surface area (Å²) in [5.74, 6) is 0. The van der Waals surface area contributed by atoms with Crippen LogP contribution in [0.4, 0.5) is 0 Å². The molecule has 0 spiro atoms. The lowest BCUT2D eigenvalue weighted by molar-refractivity contribution is 0.961. The summed E-state index contributed by atoms with van der Waals surface area (Å²) in [6.07, 6.45) is 0. The molecule has 0 bridgehead atoms. The van der Waals surface area contributed by atoms with Crippen LogP contribution < -0.4 is 0 Å². The normalized spacial score (nSPS) is 11.0. The Bertz CT molecular complexity index is 979. The van der Waals surface area contributed by atoms with Crippen LogP contribution in [0.15, 0.2) is 40.9 Å². The second kappa shape index (κ2) is 5.82. The molecule has 1 aromatic heterocycles. The van der Waals surface area contributed by atoms with Crippen LogP contribution in [0.2, 0.25) is 10.0 Å². The van der Waals surface area contributed by atoms with Gasteiger partial charge in [-0.25, -0.2) is 0 Å². The minimum absolute atomic E-state index is 0.512. The number of H-pyrrole nitrogens is 1. The highest BCUT2D eigenvalue weighted by molar-refractivity contribution is 9.10. The summed E-state index contributed by atoms with van der Waals surface area (Å²) in [5.41, 5.74) is 1.68. The molecular weight excluding hydrogens is 411 g/mol. The molecular formula is C14H7BrCl2N2S2. The quantitative estimate of drug-likeness (QED) is 0.457. The Balaban J connectivity index is 2.43. The highest BCUT2D eigenvalue weighted by atomic mass is 79.9. The highest BCUT2D eigenvalue weighted by Crippen LogP contribution is 2.27. The molecule has 7 heteroatoms. The van der Waals surface area contributed by atoms with Crippen LogP contribution in [0, 0.1) is 9.41 Å². The number of nitrogens with zero attached hydrogens (tertiary/aromatic N) is 1. The Morgan fingerprint density at radius 2 is 1.67 bits per heavy atom. The van der Waals surface area contributed by atoms with Gasteiger partial charge in [0.1, 0.15) is 4.64 Å². The van der Waals surface area contributed by atoms with Crippen molar-refractivity contribution in [3.05, 3.63) is 60.3 Å². The number of benzene rings is 2. The van der Waals surface area contributed by atoms with Gasteiger partial charge in [0.2, 0.25) is 0 Å². The molecule has 0 aliphatic rings. The van der Waals surface area contributed by atoms with E-state index in [2.05, 4.69) is 20.9 Å². The third-order valence-electron chi connectivity index (χ3n) is 3.01. The van der Waals surface area contributed by atoms with E-state index in [1.807, 2.05) is 18.2 Å². The molecule has 3 rings (SSSR count). The van der Waals surface area contributed by atoms with E-state index in [1.165, 1.54) is 0 Å². The Morgan fingerprint density at radius 1 is 1.00 bits per heavy atom. The Kier molecular flexibility index (Phi) is 4.21. The maximum absolute atomic E-state index is 6.06. The third kappa shape index (κ3) is 2.81. The van der Waals surface area contributed by atoms with Crippen molar-refractivity contribution in [3.8, 4) is 5.69 Å². The van der Waals surface area contributed by atoms with Crippen molar-refractivity contribution in [3.63, 3.8) is 0 Å². The predicted molar refractivity (Wildman–Crippen MR) is 97.0 cm³/mol. The standard InChI is InChI=1S/C14H7BrCl2N2S2/c15-10-6-8(17)2-4-12(10)19-13(20)9-5-7(16)1-3-11(9)18-14(19)21/h1-6H,(H,18,21). The number of halogens is 3. The Morgan fingerprint density at radius 3 is 2.38 bits per heavy atom. The zero-order valence-electron chi connectivity index (χ0n) is 10.4. The zero-order valence-corrected chi connectivity index (χ0v) is 15.1. The summed E-state index contributed by atoms with van der Waals surface area (Å²) in [4.78, 5) is 3.17. The van der Waals surface area contributed by atoms with Gasteiger partial charge in [0.15, 0.2) is 4.77 Å². The number of hydrogen-bond donors (Lipinski definition) is 1. The number of aromatic nitrogens is 2. The Hall–Kier alpha value is -0.720. The van der Waals surface area contributed by atoms with E-state index in [-0.39, 0.29) is 0 Å². The predicted octanol–water partition coefficient (Wildman–Crippen LogP) is 6.49. The van der Waals surface area contributed by atoms with Crippen molar-refractivity contribution < 1.29 is 0 Å². The van der Waals surface area contributed by atoms with Crippen LogP contribution in [0.1, 0.15) is 0 Å². The van der Waals surface area contributed by atoms with Crippen molar-refractivity contribution >= 4 is 74.5 Å². The van der Waals surface area contributed by atoms with E-state index in [0.717, 1.165) is 21.1 Å². The highest BCUT2D eigenvalue weighted by Gasteiger charge is 2.09. The molecule has 0 amide bonds. The molecule has 0 unspecified atom stereocenters. The van der Waals surface area contributed by atoms with Crippen LogP contribution in [0.5, 0.6) is 0 Å². The van der Waals surface area contributed by atoms with Gasteiger partial charge in [-0.05, 0) is 64.5 Å². The van der Waals surface area contributed by atoms with Gasteiger partial charge < -0.3 is 4.98 Å². The lowest BCUT2D eigenvalue weighted by Crippen LogP contribution is -2.03. The lowest BCUT2D eigenvalue weighted by Gasteiger charge is -2.12. The molecule has 106 valence electrons. The largest absolute Gasteiger partial charge is 0.331 e. The third-order valence-corrected chi connectivity index (χ3v) is 4.80. The molecule has 3 aromatic rings. The Labute approximate surface area is 149 Å². The summed E-state index contributed by atoms with van der Waals surface area (Å²) in [7, 11) is 0. The second-order valence-electron chi connectivity index (χ2n) is 4.36. The lowest BCUT2D eigenvalue weighted by atomic mass is 10.2. The zero-order chi connectivity index (χ0) is 15.1. The first kappa shape index (κ1) is 15.2. The fourth-order valence-corrected chi connectivity index (χ4v) is 3.82. The molecule has 0 fully saturated rings. The molecule has 2 aromatic carbocycles. The van der Waals surface area contributed by atoms with Crippen LogP contribution in [0.25, 0.3) is 16.6 Å². The van der Waals surface area contributed by atoms with Gasteiger partial charge in [0, 0.05) is 19.9 Å². The molecule has 0 saturated carbocycles. The molecule has 0 aliphatic heterocycles. The van der Waals surface area contributed by atoms with Gasteiger partial charge in [-0.2, -0.15) is 0 Å². The van der Waals surface area contributed by atoms with Gasteiger partial charge in [0.05, 0.1) is 11.2 Å². The number of rotatable bonds is 1. The smallest absolute Gasteiger partial charge is 0.183 e. The van der Waals surface area contributed by atoms with E-state index < -0.39 is 0 Å². The van der Waals surface area contributed by atoms with Gasteiger partial charge in [-0.3, -0.25) is 4.57 Å². The van der Waals surface area contributed by atoms with Crippen LogP contribution in [-0.2, 0) is 0 Å². The maximum Gasteiger partial charge on any atom is 0.183 e. The van der Waals surface area contributed by atoms with Crippen molar-refractivity contribution in [2.24, 2.45) is 0 Å². The molecule has 0 aliphatic carbocycles. The summed E-state index contributed by atoms with van der Waals surface area (Å²) < 4.78 is 3.70. The monoisotopic (exact) mass is 416 g/mol. The first-order chi connectivity index (χ1) is 9.97. The summed E-state index contributed by atoms with van der Waals surface area (Å²) >= 11 is 26.5. The summed E-state index contributed by atoms with van der Waals surface area (Å²) in [5, 5.41) is 2.10. The van der Waals surface area contributed by atoms with E-state index in [1.54, 1.807) is 22.8 Å². The first-order valence-corrected chi connectivity index (χ1v) is 8.24. The number of fused-ring (bicyclic) bond motifs is 1. The van der Waals surface area contributed by atoms with Gasteiger partial charge in [0.25, 0.3) is 0 Å². The minimum atomic E-state index is 0.512. The van der Waals surface area contributed by atoms with Crippen LogP contribution >= 0.6 is 63.6 Å². The van der Waals surface area contributed by atoms with E-state index in [9.17, 15) is 0 Å². The molecule has 0 radical (unpaired) electrons. The summed E-state index contributed by atoms with van der Waals surface area (Å²) in [6, 6.07) is 10.9. The van der Waals surface area contributed by atoms with Crippen molar-refractivity contribution in [1.82, 2.24) is 9.55 Å². The molecule has 21 heavy (non-hydrogen) atoms. The second-order valence-corrected chi connectivity index (χ2v) is 6.86. The first-order valence-electron chi connectivity index (χ1n) is 5.87. The summed E-state index contributed by atoms with van der Waals surface area (Å²) in [6.45, 7) is 0. The minimum Gasteiger partial charge on any atom is -0.331 e. The maximum atomic E-state index is 6.06. The molecule has 1 heterocycles. The van der Waals surface area contributed by atoms with E-state index >= 15 is 0 Å². The van der Waals surface area contributed by atoms with E-state index in [4.69, 9.17) is 47.6 Å². The average Bonchev–Trinajstić information content (AvgIpc) is 2.42. The van der Waals surface area contributed by atoms with Crippen molar-refractivity contribution in [2.75, 3.05) is 0 Å². The van der Waals surface area contributed by atoms with E-state index in [0.29, 0.717) is 19.5 Å². The fraction of sp³-hybridized carbons (Fsp3) is 0. The number of hydrogen-bond acceptors (Lipinski definition) is 2. The molecule has 0 saturated heterocycles. The average molecular weight is 418 g/mol. The van der Waals surface area contributed by atoms with Crippen molar-refractivity contribution in [2.45, 2.75) is 0 Å². The molecule has 2 nitrogen and oxygen atoms in total. The number of aromatic amines is 1. The van der Waals surface area contributed by atoms with Gasteiger partial charge >= 0.3 is 0 Å². The van der Waals surface area contributed by atoms with Crippen LogP contribution in [0.3, 0.4) is 0 Å². The SMILES string of the molecule is S=c1[nH]c2ccc(Cl)cc2c(=S)n1-c1ccc(Cl)cc1Br.